The van der Waals surface area contributed by atoms with Crippen LogP contribution in [0.25, 0.3) is 0 Å². The minimum atomic E-state index is -3.48. The Balaban J connectivity index is 0.00000261. The first-order valence-corrected chi connectivity index (χ1v) is 10.9. The predicted molar refractivity (Wildman–Crippen MR) is 109 cm³/mol. The molecule has 0 aliphatic carbocycles. The van der Waals surface area contributed by atoms with E-state index in [1.165, 1.54) is 0 Å². The van der Waals surface area contributed by atoms with Crippen LogP contribution < -0.4 is 5.73 Å². The van der Waals surface area contributed by atoms with E-state index < -0.39 is 10.0 Å². The van der Waals surface area contributed by atoms with Crippen molar-refractivity contribution in [1.29, 1.82) is 0 Å². The van der Waals surface area contributed by atoms with Gasteiger partial charge < -0.3 is 10.6 Å². The summed E-state index contributed by atoms with van der Waals surface area (Å²) in [6.07, 6.45) is 2.71. The molecule has 3 rings (SSSR count). The summed E-state index contributed by atoms with van der Waals surface area (Å²) >= 11 is 0. The predicted octanol–water partition coefficient (Wildman–Crippen LogP) is 2.34. The molecule has 2 heterocycles. The van der Waals surface area contributed by atoms with E-state index >= 15 is 0 Å². The molecule has 8 heteroatoms. The van der Waals surface area contributed by atoms with Crippen LogP contribution in [0.2, 0.25) is 0 Å². The van der Waals surface area contributed by atoms with Crippen LogP contribution in [0.4, 0.5) is 0 Å². The fraction of sp³-hybridized carbons (Fsp3) is 0.632. The third-order valence-corrected chi connectivity index (χ3v) is 7.65. The number of likely N-dealkylation sites (tertiary alicyclic amines) is 1. The van der Waals surface area contributed by atoms with Crippen molar-refractivity contribution in [2.75, 3.05) is 26.2 Å². The number of rotatable bonds is 4. The molecule has 2 N–H and O–H groups in total. The molecule has 0 radical (unpaired) electrons. The summed E-state index contributed by atoms with van der Waals surface area (Å²) in [5.74, 6) is 0.862. The van der Waals surface area contributed by atoms with Crippen LogP contribution in [0.15, 0.2) is 29.2 Å². The lowest BCUT2D eigenvalue weighted by Gasteiger charge is -2.29. The Morgan fingerprint density at radius 3 is 2.26 bits per heavy atom. The van der Waals surface area contributed by atoms with Gasteiger partial charge in [0.15, 0.2) is 0 Å². The van der Waals surface area contributed by atoms with Crippen molar-refractivity contribution in [3.8, 4) is 0 Å². The lowest BCUT2D eigenvalue weighted by molar-refractivity contribution is 0.0743. The molecule has 0 aromatic heterocycles. The van der Waals surface area contributed by atoms with Crippen LogP contribution in [-0.4, -0.2) is 55.8 Å². The second-order valence-corrected chi connectivity index (χ2v) is 9.69. The Morgan fingerprint density at radius 2 is 1.74 bits per heavy atom. The average Bonchev–Trinajstić information content (AvgIpc) is 3.02. The van der Waals surface area contributed by atoms with Gasteiger partial charge in [0, 0.05) is 31.2 Å². The summed E-state index contributed by atoms with van der Waals surface area (Å²) in [7, 11) is -3.48. The number of hydrogen-bond acceptors (Lipinski definition) is 4. The molecule has 152 valence electrons. The molecule has 27 heavy (non-hydrogen) atoms. The van der Waals surface area contributed by atoms with Gasteiger partial charge in [0.05, 0.1) is 4.90 Å². The average molecular weight is 416 g/mol. The second kappa shape index (κ2) is 8.90. The number of nitrogens with two attached hydrogens (primary N) is 1. The Morgan fingerprint density at radius 1 is 1.15 bits per heavy atom. The molecule has 2 aliphatic rings. The van der Waals surface area contributed by atoms with Crippen molar-refractivity contribution in [1.82, 2.24) is 9.21 Å². The van der Waals surface area contributed by atoms with E-state index in [1.54, 1.807) is 28.6 Å². The fourth-order valence-electron chi connectivity index (χ4n) is 3.91. The lowest BCUT2D eigenvalue weighted by Crippen LogP contribution is -2.38. The Hall–Kier alpha value is -1.15. The molecule has 2 aliphatic heterocycles. The van der Waals surface area contributed by atoms with Crippen LogP contribution in [0.1, 0.15) is 43.5 Å². The summed E-state index contributed by atoms with van der Waals surface area (Å²) in [6, 6.07) is 6.53. The Kier molecular flexibility index (Phi) is 7.30. The highest BCUT2D eigenvalue weighted by atomic mass is 35.5. The molecule has 2 saturated heterocycles. The molecule has 1 amide bonds. The van der Waals surface area contributed by atoms with Crippen LogP contribution in [0.5, 0.6) is 0 Å². The SMILES string of the molecule is CC1CCN(S(=O)(=O)c2ccc(C(=O)N3CC(CN)CC3C)cc2)CC1.Cl. The number of halogens is 1. The highest BCUT2D eigenvalue weighted by molar-refractivity contribution is 7.89. The molecule has 1 aromatic rings. The topological polar surface area (TPSA) is 83.7 Å². The molecule has 2 unspecified atom stereocenters. The maximum atomic E-state index is 12.8. The molecule has 0 saturated carbocycles. The minimum Gasteiger partial charge on any atom is -0.336 e. The largest absolute Gasteiger partial charge is 0.336 e. The third kappa shape index (κ3) is 4.65. The minimum absolute atomic E-state index is 0. The number of piperidine rings is 1. The van der Waals surface area contributed by atoms with Gasteiger partial charge in [-0.15, -0.1) is 12.4 Å². The van der Waals surface area contributed by atoms with Crippen molar-refractivity contribution in [3.63, 3.8) is 0 Å². The van der Waals surface area contributed by atoms with Gasteiger partial charge in [0.2, 0.25) is 10.0 Å². The van der Waals surface area contributed by atoms with Gasteiger partial charge in [-0.2, -0.15) is 4.31 Å². The number of carbonyl (C=O) groups excluding carboxylic acids is 1. The third-order valence-electron chi connectivity index (χ3n) is 5.74. The van der Waals surface area contributed by atoms with Gasteiger partial charge in [-0.1, -0.05) is 6.92 Å². The molecule has 1 aromatic carbocycles. The summed E-state index contributed by atoms with van der Waals surface area (Å²) in [4.78, 5) is 14.8. The van der Waals surface area contributed by atoms with Crippen molar-refractivity contribution >= 4 is 28.3 Å². The monoisotopic (exact) mass is 415 g/mol. The molecular weight excluding hydrogens is 386 g/mol. The zero-order valence-electron chi connectivity index (χ0n) is 16.0. The van der Waals surface area contributed by atoms with Gasteiger partial charge in [-0.25, -0.2) is 8.42 Å². The van der Waals surface area contributed by atoms with E-state index in [2.05, 4.69) is 6.92 Å². The lowest BCUT2D eigenvalue weighted by atomic mass is 10.0. The van der Waals surface area contributed by atoms with Crippen molar-refractivity contribution in [2.24, 2.45) is 17.6 Å². The number of amides is 1. The van der Waals surface area contributed by atoms with Crippen molar-refractivity contribution in [2.45, 2.75) is 44.0 Å². The first kappa shape index (κ1) is 22.1. The van der Waals surface area contributed by atoms with Crippen LogP contribution >= 0.6 is 12.4 Å². The Bertz CT molecular complexity index is 746. The number of nitrogens with zero attached hydrogens (tertiary/aromatic N) is 2. The highest BCUT2D eigenvalue weighted by Crippen LogP contribution is 2.26. The normalized spacial score (nSPS) is 24.6. The van der Waals surface area contributed by atoms with Gasteiger partial charge in [-0.3, -0.25) is 4.79 Å². The van der Waals surface area contributed by atoms with Gasteiger partial charge in [0.1, 0.15) is 0 Å². The van der Waals surface area contributed by atoms with Crippen LogP contribution in [0.3, 0.4) is 0 Å². The standard InChI is InChI=1S/C19H29N3O3S.ClH/c1-14-7-9-21(10-8-14)26(24,25)18-5-3-17(4-6-18)19(23)22-13-16(12-20)11-15(22)2;/h3-6,14-16H,7-13,20H2,1-2H3;1H. The maximum Gasteiger partial charge on any atom is 0.254 e. The van der Waals surface area contributed by atoms with Crippen molar-refractivity contribution < 1.29 is 13.2 Å². The zero-order chi connectivity index (χ0) is 18.9. The van der Waals surface area contributed by atoms with E-state index in [0.29, 0.717) is 43.6 Å². The van der Waals surface area contributed by atoms with Crippen LogP contribution in [-0.2, 0) is 10.0 Å². The van der Waals surface area contributed by atoms with Gasteiger partial charge in [-0.05, 0) is 68.8 Å². The number of sulfonamides is 1. The summed E-state index contributed by atoms with van der Waals surface area (Å²) in [5.41, 5.74) is 6.26. The highest BCUT2D eigenvalue weighted by Gasteiger charge is 2.32. The van der Waals surface area contributed by atoms with Crippen molar-refractivity contribution in [3.05, 3.63) is 29.8 Å². The molecule has 0 spiro atoms. The first-order chi connectivity index (χ1) is 12.3. The zero-order valence-corrected chi connectivity index (χ0v) is 17.6. The number of benzene rings is 1. The first-order valence-electron chi connectivity index (χ1n) is 9.44. The van der Waals surface area contributed by atoms with E-state index in [4.69, 9.17) is 5.73 Å². The number of hydrogen-bond donors (Lipinski definition) is 1. The molecule has 6 nitrogen and oxygen atoms in total. The van der Waals surface area contributed by atoms with Crippen LogP contribution in [0, 0.1) is 11.8 Å². The summed E-state index contributed by atoms with van der Waals surface area (Å²) < 4.78 is 27.1. The molecule has 2 fully saturated rings. The summed E-state index contributed by atoms with van der Waals surface area (Å²) in [5, 5.41) is 0. The fourth-order valence-corrected chi connectivity index (χ4v) is 5.38. The maximum absolute atomic E-state index is 12.8. The van der Waals surface area contributed by atoms with Gasteiger partial charge in [0.25, 0.3) is 5.91 Å². The Labute approximate surface area is 168 Å². The van der Waals surface area contributed by atoms with E-state index in [-0.39, 0.29) is 29.3 Å². The molecule has 2 atom stereocenters. The van der Waals surface area contributed by atoms with E-state index in [0.717, 1.165) is 19.3 Å². The smallest absolute Gasteiger partial charge is 0.254 e. The summed E-state index contributed by atoms with van der Waals surface area (Å²) in [6.45, 7) is 6.57. The number of carbonyl (C=O) groups is 1. The second-order valence-electron chi connectivity index (χ2n) is 7.75. The molecule has 0 bridgehead atoms. The quantitative estimate of drug-likeness (QED) is 0.817. The van der Waals surface area contributed by atoms with Gasteiger partial charge >= 0.3 is 0 Å². The molecular formula is C19H30ClN3O3S. The van der Waals surface area contributed by atoms with E-state index in [1.807, 2.05) is 11.8 Å². The van der Waals surface area contributed by atoms with E-state index in [9.17, 15) is 13.2 Å².